The number of amides is 1. The number of carbonyl (C=O) groups is 1. The Bertz CT molecular complexity index is 468. The van der Waals surface area contributed by atoms with Crippen LogP contribution in [0.5, 0.6) is 0 Å². The van der Waals surface area contributed by atoms with Gasteiger partial charge < -0.3 is 25.0 Å². The van der Waals surface area contributed by atoms with E-state index in [1.165, 1.54) is 0 Å². The number of carbonyl (C=O) groups excluding carboxylic acids is 1. The maximum atomic E-state index is 12.0. The molecule has 2 saturated heterocycles. The van der Waals surface area contributed by atoms with Gasteiger partial charge in [-0.05, 0) is 12.1 Å². The first kappa shape index (κ1) is 14.2. The predicted molar refractivity (Wildman–Crippen MR) is 78.5 cm³/mol. The van der Waals surface area contributed by atoms with Gasteiger partial charge >= 0.3 is 0 Å². The van der Waals surface area contributed by atoms with E-state index in [-0.39, 0.29) is 5.91 Å². The van der Waals surface area contributed by atoms with Crippen LogP contribution in [0, 0.1) is 0 Å². The van der Waals surface area contributed by atoms with Crippen LogP contribution in [0.25, 0.3) is 0 Å². The minimum atomic E-state index is -0.433. The van der Waals surface area contributed by atoms with Gasteiger partial charge in [0.15, 0.2) is 0 Å². The SMILES string of the molecule is O=C(Nc1ccc(N2CCOCC2)nc1)C1CNCCO1. The highest BCUT2D eigenvalue weighted by atomic mass is 16.5. The van der Waals surface area contributed by atoms with E-state index in [0.29, 0.717) is 18.8 Å². The van der Waals surface area contributed by atoms with Gasteiger partial charge in [0.1, 0.15) is 11.9 Å². The Labute approximate surface area is 123 Å². The third kappa shape index (κ3) is 3.69. The average molecular weight is 292 g/mol. The molecule has 2 aliphatic heterocycles. The van der Waals surface area contributed by atoms with Gasteiger partial charge in [0, 0.05) is 26.2 Å². The summed E-state index contributed by atoms with van der Waals surface area (Å²) in [6.45, 7) is 5.05. The highest BCUT2D eigenvalue weighted by Crippen LogP contribution is 2.15. The molecule has 3 heterocycles. The summed E-state index contributed by atoms with van der Waals surface area (Å²) in [5.74, 6) is 0.773. The normalized spacial score (nSPS) is 22.9. The van der Waals surface area contributed by atoms with Crippen LogP contribution in [0.2, 0.25) is 0 Å². The highest BCUT2D eigenvalue weighted by Gasteiger charge is 2.21. The zero-order chi connectivity index (χ0) is 14.5. The van der Waals surface area contributed by atoms with Gasteiger partial charge in [0.25, 0.3) is 5.91 Å². The lowest BCUT2D eigenvalue weighted by molar-refractivity contribution is -0.128. The Balaban J connectivity index is 1.57. The van der Waals surface area contributed by atoms with Gasteiger partial charge in [-0.25, -0.2) is 4.98 Å². The third-order valence-electron chi connectivity index (χ3n) is 3.57. The third-order valence-corrected chi connectivity index (χ3v) is 3.57. The van der Waals surface area contributed by atoms with E-state index >= 15 is 0 Å². The van der Waals surface area contributed by atoms with Crippen LogP contribution < -0.4 is 15.5 Å². The second-order valence-electron chi connectivity index (χ2n) is 5.06. The zero-order valence-corrected chi connectivity index (χ0v) is 11.9. The van der Waals surface area contributed by atoms with Crippen molar-refractivity contribution in [2.45, 2.75) is 6.10 Å². The Morgan fingerprint density at radius 1 is 1.33 bits per heavy atom. The van der Waals surface area contributed by atoms with E-state index in [1.54, 1.807) is 6.20 Å². The number of nitrogens with zero attached hydrogens (tertiary/aromatic N) is 2. The molecule has 1 unspecified atom stereocenters. The van der Waals surface area contributed by atoms with Gasteiger partial charge in [-0.3, -0.25) is 4.79 Å². The molecule has 7 nitrogen and oxygen atoms in total. The van der Waals surface area contributed by atoms with Gasteiger partial charge in [-0.2, -0.15) is 0 Å². The van der Waals surface area contributed by atoms with E-state index in [0.717, 1.165) is 38.7 Å². The van der Waals surface area contributed by atoms with Crippen LogP contribution in [0.1, 0.15) is 0 Å². The maximum Gasteiger partial charge on any atom is 0.254 e. The lowest BCUT2D eigenvalue weighted by atomic mass is 10.2. The Morgan fingerprint density at radius 2 is 2.19 bits per heavy atom. The molecule has 0 bridgehead atoms. The van der Waals surface area contributed by atoms with Crippen molar-refractivity contribution >= 4 is 17.4 Å². The molecule has 1 aromatic rings. The fraction of sp³-hybridized carbons (Fsp3) is 0.571. The molecule has 0 radical (unpaired) electrons. The summed E-state index contributed by atoms with van der Waals surface area (Å²) < 4.78 is 10.7. The molecule has 7 heteroatoms. The topological polar surface area (TPSA) is 75.7 Å². The molecule has 21 heavy (non-hydrogen) atoms. The number of anilines is 2. The lowest BCUT2D eigenvalue weighted by Crippen LogP contribution is -2.45. The fourth-order valence-electron chi connectivity index (χ4n) is 2.40. The first-order valence-corrected chi connectivity index (χ1v) is 7.25. The molecular weight excluding hydrogens is 272 g/mol. The van der Waals surface area contributed by atoms with Gasteiger partial charge in [0.05, 0.1) is 31.7 Å². The van der Waals surface area contributed by atoms with Crippen molar-refractivity contribution in [3.8, 4) is 0 Å². The first-order chi connectivity index (χ1) is 10.3. The van der Waals surface area contributed by atoms with Gasteiger partial charge in [-0.15, -0.1) is 0 Å². The Morgan fingerprint density at radius 3 is 2.86 bits per heavy atom. The highest BCUT2D eigenvalue weighted by molar-refractivity contribution is 5.94. The molecule has 0 spiro atoms. The van der Waals surface area contributed by atoms with Crippen LogP contribution in [0.15, 0.2) is 18.3 Å². The number of nitrogens with one attached hydrogen (secondary N) is 2. The van der Waals surface area contributed by atoms with E-state index in [4.69, 9.17) is 9.47 Å². The van der Waals surface area contributed by atoms with E-state index < -0.39 is 6.10 Å². The summed E-state index contributed by atoms with van der Waals surface area (Å²) in [4.78, 5) is 18.6. The van der Waals surface area contributed by atoms with E-state index in [9.17, 15) is 4.79 Å². The van der Waals surface area contributed by atoms with Crippen molar-refractivity contribution in [3.05, 3.63) is 18.3 Å². The standard InChI is InChI=1S/C14H20N4O3/c19-14(12-10-15-3-6-21-12)17-11-1-2-13(16-9-11)18-4-7-20-8-5-18/h1-2,9,12,15H,3-8,10H2,(H,17,19). The van der Waals surface area contributed by atoms with Crippen LogP contribution >= 0.6 is 0 Å². The Hall–Kier alpha value is -1.70. The molecule has 1 amide bonds. The number of ether oxygens (including phenoxy) is 2. The monoisotopic (exact) mass is 292 g/mol. The summed E-state index contributed by atoms with van der Waals surface area (Å²) >= 11 is 0. The van der Waals surface area contributed by atoms with Crippen molar-refractivity contribution in [1.29, 1.82) is 0 Å². The fourth-order valence-corrected chi connectivity index (χ4v) is 2.40. The second-order valence-corrected chi connectivity index (χ2v) is 5.06. The molecule has 2 aliphatic rings. The number of hydrogen-bond acceptors (Lipinski definition) is 6. The summed E-state index contributed by atoms with van der Waals surface area (Å²) in [5, 5.41) is 5.97. The minimum absolute atomic E-state index is 0.136. The van der Waals surface area contributed by atoms with Crippen molar-refractivity contribution < 1.29 is 14.3 Å². The summed E-state index contributed by atoms with van der Waals surface area (Å²) in [5.41, 5.74) is 0.686. The molecule has 0 aliphatic carbocycles. The largest absolute Gasteiger partial charge is 0.378 e. The van der Waals surface area contributed by atoms with Crippen LogP contribution in [-0.2, 0) is 14.3 Å². The van der Waals surface area contributed by atoms with Gasteiger partial charge in [0.2, 0.25) is 0 Å². The molecular formula is C14H20N4O3. The first-order valence-electron chi connectivity index (χ1n) is 7.25. The zero-order valence-electron chi connectivity index (χ0n) is 11.9. The molecule has 3 rings (SSSR count). The Kier molecular flexibility index (Phi) is 4.64. The second kappa shape index (κ2) is 6.84. The predicted octanol–water partition coefficient (Wildman–Crippen LogP) is -0.155. The number of aromatic nitrogens is 1. The maximum absolute atomic E-state index is 12.0. The number of hydrogen-bond donors (Lipinski definition) is 2. The average Bonchev–Trinajstić information content (AvgIpc) is 2.57. The molecule has 2 N–H and O–H groups in total. The van der Waals surface area contributed by atoms with Crippen molar-refractivity contribution in [3.63, 3.8) is 0 Å². The number of pyridine rings is 1. The minimum Gasteiger partial charge on any atom is -0.378 e. The molecule has 1 atom stereocenters. The molecule has 0 aromatic carbocycles. The molecule has 2 fully saturated rings. The number of rotatable bonds is 3. The van der Waals surface area contributed by atoms with Crippen LogP contribution in [0.4, 0.5) is 11.5 Å². The smallest absolute Gasteiger partial charge is 0.254 e. The van der Waals surface area contributed by atoms with Crippen molar-refractivity contribution in [2.24, 2.45) is 0 Å². The van der Waals surface area contributed by atoms with E-state index in [1.807, 2.05) is 12.1 Å². The quantitative estimate of drug-likeness (QED) is 0.806. The number of morpholine rings is 2. The summed E-state index contributed by atoms with van der Waals surface area (Å²) in [6.07, 6.45) is 1.25. The summed E-state index contributed by atoms with van der Waals surface area (Å²) in [6, 6.07) is 3.78. The van der Waals surface area contributed by atoms with Crippen molar-refractivity contribution in [2.75, 3.05) is 56.2 Å². The lowest BCUT2D eigenvalue weighted by Gasteiger charge is -2.27. The van der Waals surface area contributed by atoms with Gasteiger partial charge in [-0.1, -0.05) is 0 Å². The molecule has 1 aromatic heterocycles. The molecule has 114 valence electrons. The summed E-state index contributed by atoms with van der Waals surface area (Å²) in [7, 11) is 0. The van der Waals surface area contributed by atoms with E-state index in [2.05, 4.69) is 20.5 Å². The van der Waals surface area contributed by atoms with Crippen molar-refractivity contribution in [1.82, 2.24) is 10.3 Å². The molecule has 0 saturated carbocycles. The van der Waals surface area contributed by atoms with Crippen LogP contribution in [-0.4, -0.2) is 63.0 Å². The van der Waals surface area contributed by atoms with Crippen LogP contribution in [0.3, 0.4) is 0 Å².